The topological polar surface area (TPSA) is 71.1 Å². The molecule has 1 N–H and O–H groups in total. The summed E-state index contributed by atoms with van der Waals surface area (Å²) in [6.45, 7) is 4.96. The summed E-state index contributed by atoms with van der Waals surface area (Å²) < 4.78 is 6.75. The Hall–Kier alpha value is -1.89. The standard InChI is InChI=1S/C15H17BrN4O2/c1-9-14(10(2)19-18-9)15(21)20-6-5-12(8-20)22-13-4-3-11(16)7-17-13/h3-4,7,12H,5-6,8H2,1-2H3,(H,18,19). The maximum absolute atomic E-state index is 12.6. The van der Waals surface area contributed by atoms with Crippen LogP contribution in [0.3, 0.4) is 0 Å². The van der Waals surface area contributed by atoms with E-state index in [2.05, 4.69) is 31.1 Å². The van der Waals surface area contributed by atoms with E-state index in [1.165, 1.54) is 0 Å². The number of pyridine rings is 1. The van der Waals surface area contributed by atoms with E-state index in [1.807, 2.05) is 30.9 Å². The van der Waals surface area contributed by atoms with Gasteiger partial charge in [0.05, 0.1) is 17.8 Å². The van der Waals surface area contributed by atoms with Crippen molar-refractivity contribution in [1.82, 2.24) is 20.1 Å². The van der Waals surface area contributed by atoms with E-state index >= 15 is 0 Å². The highest BCUT2D eigenvalue weighted by molar-refractivity contribution is 9.10. The van der Waals surface area contributed by atoms with Crippen molar-refractivity contribution < 1.29 is 9.53 Å². The van der Waals surface area contributed by atoms with Crippen LogP contribution in [0.5, 0.6) is 5.88 Å². The van der Waals surface area contributed by atoms with Crippen molar-refractivity contribution >= 4 is 21.8 Å². The van der Waals surface area contributed by atoms with Gasteiger partial charge in [-0.25, -0.2) is 4.98 Å². The molecule has 1 amide bonds. The Morgan fingerprint density at radius 3 is 2.91 bits per heavy atom. The molecule has 116 valence electrons. The number of nitrogens with zero attached hydrogens (tertiary/aromatic N) is 3. The van der Waals surface area contributed by atoms with Crippen molar-refractivity contribution in [3.8, 4) is 5.88 Å². The molecule has 0 aromatic carbocycles. The number of carbonyl (C=O) groups excluding carboxylic acids is 1. The molecule has 0 spiro atoms. The predicted octanol–water partition coefficient (Wildman–Crippen LogP) is 2.48. The van der Waals surface area contributed by atoms with Gasteiger partial charge in [0.15, 0.2) is 0 Å². The highest BCUT2D eigenvalue weighted by atomic mass is 79.9. The van der Waals surface area contributed by atoms with Crippen LogP contribution in [0.1, 0.15) is 28.2 Å². The molecule has 1 aliphatic heterocycles. The third kappa shape index (κ3) is 2.99. The van der Waals surface area contributed by atoms with Crippen molar-refractivity contribution in [3.63, 3.8) is 0 Å². The number of carbonyl (C=O) groups is 1. The molecule has 1 aliphatic rings. The number of aromatic amines is 1. The van der Waals surface area contributed by atoms with Crippen LogP contribution in [0.4, 0.5) is 0 Å². The highest BCUT2D eigenvalue weighted by Crippen LogP contribution is 2.21. The van der Waals surface area contributed by atoms with Crippen molar-refractivity contribution in [2.45, 2.75) is 26.4 Å². The molecule has 1 fully saturated rings. The Bertz CT molecular complexity index is 664. The van der Waals surface area contributed by atoms with Crippen LogP contribution >= 0.6 is 15.9 Å². The van der Waals surface area contributed by atoms with Gasteiger partial charge in [0, 0.05) is 35.4 Å². The minimum atomic E-state index is -0.0230. The Labute approximate surface area is 137 Å². The highest BCUT2D eigenvalue weighted by Gasteiger charge is 2.30. The Balaban J connectivity index is 1.65. The summed E-state index contributed by atoms with van der Waals surface area (Å²) in [5.74, 6) is 0.594. The molecule has 3 heterocycles. The van der Waals surface area contributed by atoms with E-state index in [0.717, 1.165) is 22.3 Å². The first-order chi connectivity index (χ1) is 10.5. The number of likely N-dealkylation sites (tertiary alicyclic amines) is 1. The summed E-state index contributed by atoms with van der Waals surface area (Å²) in [5, 5.41) is 6.94. The first kappa shape index (κ1) is 15.0. The molecular weight excluding hydrogens is 348 g/mol. The monoisotopic (exact) mass is 364 g/mol. The molecule has 0 radical (unpaired) electrons. The van der Waals surface area contributed by atoms with Gasteiger partial charge >= 0.3 is 0 Å². The third-order valence-electron chi connectivity index (χ3n) is 3.76. The van der Waals surface area contributed by atoms with Crippen LogP contribution in [0.25, 0.3) is 0 Å². The van der Waals surface area contributed by atoms with Crippen LogP contribution in [-0.2, 0) is 0 Å². The summed E-state index contributed by atoms with van der Waals surface area (Å²) >= 11 is 3.34. The summed E-state index contributed by atoms with van der Waals surface area (Å²) in [6, 6.07) is 3.71. The second-order valence-corrected chi connectivity index (χ2v) is 6.32. The normalized spacial score (nSPS) is 17.8. The molecule has 0 aliphatic carbocycles. The number of ether oxygens (including phenoxy) is 1. The largest absolute Gasteiger partial charge is 0.472 e. The number of aryl methyl sites for hydroxylation is 2. The van der Waals surface area contributed by atoms with Gasteiger partial charge in [0.25, 0.3) is 5.91 Å². The minimum absolute atomic E-state index is 0.0126. The van der Waals surface area contributed by atoms with Gasteiger partial charge in [0.2, 0.25) is 5.88 Å². The lowest BCUT2D eigenvalue weighted by Crippen LogP contribution is -2.31. The lowest BCUT2D eigenvalue weighted by molar-refractivity contribution is 0.0770. The van der Waals surface area contributed by atoms with Crippen LogP contribution in [0, 0.1) is 13.8 Å². The van der Waals surface area contributed by atoms with E-state index < -0.39 is 0 Å². The van der Waals surface area contributed by atoms with Crippen molar-refractivity contribution in [1.29, 1.82) is 0 Å². The van der Waals surface area contributed by atoms with Gasteiger partial charge in [-0.1, -0.05) is 0 Å². The van der Waals surface area contributed by atoms with Crippen LogP contribution in [0.15, 0.2) is 22.8 Å². The van der Waals surface area contributed by atoms with Gasteiger partial charge in [0.1, 0.15) is 6.10 Å². The smallest absolute Gasteiger partial charge is 0.257 e. The number of rotatable bonds is 3. The molecule has 6 nitrogen and oxygen atoms in total. The molecule has 1 atom stereocenters. The first-order valence-electron chi connectivity index (χ1n) is 7.13. The molecular formula is C15H17BrN4O2. The van der Waals surface area contributed by atoms with Crippen LogP contribution < -0.4 is 4.74 Å². The van der Waals surface area contributed by atoms with Crippen LogP contribution in [-0.4, -0.2) is 45.2 Å². The van der Waals surface area contributed by atoms with E-state index in [0.29, 0.717) is 24.5 Å². The lowest BCUT2D eigenvalue weighted by atomic mass is 10.2. The minimum Gasteiger partial charge on any atom is -0.472 e. The summed E-state index contributed by atoms with van der Waals surface area (Å²) in [4.78, 5) is 18.6. The van der Waals surface area contributed by atoms with E-state index in [9.17, 15) is 4.79 Å². The van der Waals surface area contributed by atoms with Crippen molar-refractivity contribution in [2.75, 3.05) is 13.1 Å². The summed E-state index contributed by atoms with van der Waals surface area (Å²) in [6.07, 6.45) is 2.48. The van der Waals surface area contributed by atoms with Gasteiger partial charge in [-0.3, -0.25) is 9.89 Å². The second-order valence-electron chi connectivity index (χ2n) is 5.40. The summed E-state index contributed by atoms with van der Waals surface area (Å²) in [5.41, 5.74) is 2.21. The zero-order valence-electron chi connectivity index (χ0n) is 12.5. The number of hydrogen-bond acceptors (Lipinski definition) is 4. The second kappa shape index (κ2) is 6.08. The Morgan fingerprint density at radius 1 is 1.45 bits per heavy atom. The van der Waals surface area contributed by atoms with Gasteiger partial charge < -0.3 is 9.64 Å². The Morgan fingerprint density at radius 2 is 2.27 bits per heavy atom. The molecule has 7 heteroatoms. The van der Waals surface area contributed by atoms with E-state index in [4.69, 9.17) is 4.74 Å². The Kier molecular flexibility index (Phi) is 4.15. The van der Waals surface area contributed by atoms with Crippen molar-refractivity contribution in [2.24, 2.45) is 0 Å². The molecule has 3 rings (SSSR count). The number of amides is 1. The lowest BCUT2D eigenvalue weighted by Gasteiger charge is -2.17. The average Bonchev–Trinajstić information content (AvgIpc) is 3.08. The first-order valence-corrected chi connectivity index (χ1v) is 7.93. The molecule has 0 saturated carbocycles. The van der Waals surface area contributed by atoms with E-state index in [-0.39, 0.29) is 12.0 Å². The molecule has 0 bridgehead atoms. The van der Waals surface area contributed by atoms with Crippen molar-refractivity contribution in [3.05, 3.63) is 39.8 Å². The molecule has 1 saturated heterocycles. The predicted molar refractivity (Wildman–Crippen MR) is 84.9 cm³/mol. The number of halogens is 1. The zero-order valence-corrected chi connectivity index (χ0v) is 14.1. The van der Waals surface area contributed by atoms with Crippen LogP contribution in [0.2, 0.25) is 0 Å². The van der Waals surface area contributed by atoms with Gasteiger partial charge in [-0.05, 0) is 35.8 Å². The fourth-order valence-electron chi connectivity index (χ4n) is 2.64. The fraction of sp³-hybridized carbons (Fsp3) is 0.400. The molecule has 1 unspecified atom stereocenters. The van der Waals surface area contributed by atoms with E-state index in [1.54, 1.807) is 6.20 Å². The number of aromatic nitrogens is 3. The summed E-state index contributed by atoms with van der Waals surface area (Å²) in [7, 11) is 0. The number of H-pyrrole nitrogens is 1. The SMILES string of the molecule is Cc1n[nH]c(C)c1C(=O)N1CCC(Oc2ccc(Br)cn2)C1. The molecule has 22 heavy (non-hydrogen) atoms. The number of hydrogen-bond donors (Lipinski definition) is 1. The zero-order chi connectivity index (χ0) is 15.7. The van der Waals surface area contributed by atoms with Gasteiger partial charge in [-0.2, -0.15) is 5.10 Å². The average molecular weight is 365 g/mol. The number of nitrogens with one attached hydrogen (secondary N) is 1. The third-order valence-corrected chi connectivity index (χ3v) is 4.23. The fourth-order valence-corrected chi connectivity index (χ4v) is 2.87. The quantitative estimate of drug-likeness (QED) is 0.907. The maximum atomic E-state index is 12.6. The van der Waals surface area contributed by atoms with Gasteiger partial charge in [-0.15, -0.1) is 0 Å². The molecule has 2 aromatic heterocycles. The maximum Gasteiger partial charge on any atom is 0.257 e. The molecule has 2 aromatic rings.